The summed E-state index contributed by atoms with van der Waals surface area (Å²) in [7, 11) is 0. The van der Waals surface area contributed by atoms with Crippen molar-refractivity contribution >= 4 is 6.09 Å². The maximum Gasteiger partial charge on any atom is 0.407 e. The van der Waals surface area contributed by atoms with Gasteiger partial charge < -0.3 is 15.0 Å². The van der Waals surface area contributed by atoms with Crippen molar-refractivity contribution in [2.45, 2.75) is 52.2 Å². The number of hydrogen-bond donors (Lipinski definition) is 2. The van der Waals surface area contributed by atoms with Gasteiger partial charge in [0.15, 0.2) is 0 Å². The molecule has 0 radical (unpaired) electrons. The minimum atomic E-state index is -0.432. The zero-order valence-electron chi connectivity index (χ0n) is 14.2. The molecule has 0 spiro atoms. The van der Waals surface area contributed by atoms with Gasteiger partial charge >= 0.3 is 6.09 Å². The fourth-order valence-corrected chi connectivity index (χ4v) is 2.89. The molecule has 1 saturated heterocycles. The number of amides is 1. The van der Waals surface area contributed by atoms with Crippen LogP contribution in [0.15, 0.2) is 18.3 Å². The number of nitrogens with one attached hydrogen (secondary N) is 2. The van der Waals surface area contributed by atoms with Crippen molar-refractivity contribution in [3.8, 4) is 0 Å². The first-order chi connectivity index (χ1) is 10.3. The van der Waals surface area contributed by atoms with Crippen molar-refractivity contribution in [3.05, 3.63) is 24.0 Å². The summed E-state index contributed by atoms with van der Waals surface area (Å²) in [5.41, 5.74) is 0.837. The first kappa shape index (κ1) is 16.9. The van der Waals surface area contributed by atoms with Crippen LogP contribution in [-0.4, -0.2) is 41.2 Å². The van der Waals surface area contributed by atoms with Crippen LogP contribution in [0.5, 0.6) is 0 Å². The Hall–Kier alpha value is -1.49. The van der Waals surface area contributed by atoms with Gasteiger partial charge in [-0.05, 0) is 71.7 Å². The van der Waals surface area contributed by atoms with Gasteiger partial charge in [-0.15, -0.1) is 0 Å². The zero-order chi connectivity index (χ0) is 16.2. The van der Waals surface area contributed by atoms with Gasteiger partial charge in [-0.1, -0.05) is 0 Å². The molecule has 2 rings (SSSR count). The summed E-state index contributed by atoms with van der Waals surface area (Å²) in [5, 5.41) is 2.89. The van der Waals surface area contributed by atoms with E-state index < -0.39 is 5.60 Å². The van der Waals surface area contributed by atoms with Gasteiger partial charge in [0.1, 0.15) is 5.60 Å². The number of rotatable bonds is 4. The van der Waals surface area contributed by atoms with E-state index in [0.717, 1.165) is 25.9 Å². The second-order valence-electron chi connectivity index (χ2n) is 7.16. The molecule has 5 nitrogen and oxygen atoms in total. The molecule has 5 heteroatoms. The molecule has 0 saturated carbocycles. The Bertz CT molecular complexity index is 457. The van der Waals surface area contributed by atoms with Crippen LogP contribution in [0.1, 0.15) is 52.3 Å². The third kappa shape index (κ3) is 5.05. The van der Waals surface area contributed by atoms with E-state index in [1.807, 2.05) is 33.0 Å². The van der Waals surface area contributed by atoms with Gasteiger partial charge in [0.05, 0.1) is 0 Å². The van der Waals surface area contributed by atoms with Crippen molar-refractivity contribution < 1.29 is 9.53 Å². The summed E-state index contributed by atoms with van der Waals surface area (Å²) in [6.07, 6.45) is 3.89. The van der Waals surface area contributed by atoms with E-state index >= 15 is 0 Å². The molecule has 1 aliphatic rings. The molecule has 0 aliphatic carbocycles. The second-order valence-corrected chi connectivity index (χ2v) is 7.16. The molecule has 1 aliphatic heterocycles. The number of ether oxygens (including phenoxy) is 1. The highest BCUT2D eigenvalue weighted by molar-refractivity contribution is 5.67. The number of aromatic nitrogens is 1. The average Bonchev–Trinajstić information content (AvgIpc) is 2.97. The van der Waals surface area contributed by atoms with E-state index in [9.17, 15) is 4.79 Å². The molecular weight excluding hydrogens is 278 g/mol. The van der Waals surface area contributed by atoms with Crippen molar-refractivity contribution in [1.29, 1.82) is 0 Å². The maximum atomic E-state index is 11.7. The van der Waals surface area contributed by atoms with E-state index in [1.54, 1.807) is 0 Å². The normalized spacial score (nSPS) is 18.9. The molecule has 1 aromatic heterocycles. The van der Waals surface area contributed by atoms with Gasteiger partial charge in [0.2, 0.25) is 0 Å². The van der Waals surface area contributed by atoms with E-state index in [2.05, 4.69) is 28.2 Å². The number of carbonyl (C=O) groups excluding carboxylic acids is 1. The second kappa shape index (κ2) is 7.18. The topological polar surface area (TPSA) is 57.4 Å². The van der Waals surface area contributed by atoms with E-state index in [4.69, 9.17) is 4.74 Å². The van der Waals surface area contributed by atoms with E-state index in [-0.39, 0.29) is 6.09 Å². The minimum Gasteiger partial charge on any atom is -0.444 e. The lowest BCUT2D eigenvalue weighted by Crippen LogP contribution is -2.41. The van der Waals surface area contributed by atoms with Crippen LogP contribution < -0.4 is 5.32 Å². The van der Waals surface area contributed by atoms with Crippen LogP contribution >= 0.6 is 0 Å². The van der Waals surface area contributed by atoms with Crippen molar-refractivity contribution in [1.82, 2.24) is 15.2 Å². The Morgan fingerprint density at radius 1 is 1.45 bits per heavy atom. The fourth-order valence-electron chi connectivity index (χ4n) is 2.89. The molecule has 0 aromatic carbocycles. The Balaban J connectivity index is 1.70. The molecule has 2 N–H and O–H groups in total. The number of carbonyl (C=O) groups is 1. The lowest BCUT2D eigenvalue weighted by molar-refractivity contribution is 0.0505. The quantitative estimate of drug-likeness (QED) is 0.897. The highest BCUT2D eigenvalue weighted by Crippen LogP contribution is 2.25. The zero-order valence-corrected chi connectivity index (χ0v) is 14.2. The third-order valence-electron chi connectivity index (χ3n) is 4.20. The van der Waals surface area contributed by atoms with Crippen LogP contribution in [-0.2, 0) is 4.74 Å². The Labute approximate surface area is 133 Å². The molecule has 1 aromatic rings. The predicted molar refractivity (Wildman–Crippen MR) is 87.7 cm³/mol. The van der Waals surface area contributed by atoms with Crippen molar-refractivity contribution in [2.75, 3.05) is 19.6 Å². The Kier molecular flexibility index (Phi) is 5.51. The van der Waals surface area contributed by atoms with Crippen molar-refractivity contribution in [3.63, 3.8) is 0 Å². The summed E-state index contributed by atoms with van der Waals surface area (Å²) in [5.74, 6) is 0.541. The average molecular weight is 307 g/mol. The first-order valence-corrected chi connectivity index (χ1v) is 8.19. The van der Waals surface area contributed by atoms with Crippen LogP contribution in [0.2, 0.25) is 0 Å². The molecular formula is C17H29N3O2. The molecule has 1 fully saturated rings. The lowest BCUT2D eigenvalue weighted by Gasteiger charge is -2.35. The predicted octanol–water partition coefficient (Wildman–Crippen LogP) is 3.31. The summed E-state index contributed by atoms with van der Waals surface area (Å²) in [6, 6.07) is 4.61. The standard InChI is InChI=1S/C17H29N3O2/c1-13(15-6-5-9-18-15)20-10-7-14(8-11-20)12-19-16(21)22-17(2,3)4/h5-6,9,13-14,18H,7-8,10-12H2,1-4H3,(H,19,21)/t13-/m0/s1. The van der Waals surface area contributed by atoms with Crippen molar-refractivity contribution in [2.24, 2.45) is 5.92 Å². The SMILES string of the molecule is C[C@@H](c1ccc[nH]1)N1CCC(CNC(=O)OC(C)(C)C)CC1. The first-order valence-electron chi connectivity index (χ1n) is 8.19. The smallest absolute Gasteiger partial charge is 0.407 e. The van der Waals surface area contributed by atoms with Gasteiger partial charge in [0.25, 0.3) is 0 Å². The van der Waals surface area contributed by atoms with Crippen LogP contribution in [0.25, 0.3) is 0 Å². The number of hydrogen-bond acceptors (Lipinski definition) is 3. The van der Waals surface area contributed by atoms with Crippen LogP contribution in [0.4, 0.5) is 4.79 Å². The molecule has 0 bridgehead atoms. The number of likely N-dealkylation sites (tertiary alicyclic amines) is 1. The molecule has 2 heterocycles. The third-order valence-corrected chi connectivity index (χ3v) is 4.20. The number of alkyl carbamates (subject to hydrolysis) is 1. The summed E-state index contributed by atoms with van der Waals surface area (Å²) in [6.45, 7) is 10.7. The molecule has 22 heavy (non-hydrogen) atoms. The summed E-state index contributed by atoms with van der Waals surface area (Å²) < 4.78 is 5.27. The highest BCUT2D eigenvalue weighted by atomic mass is 16.6. The molecule has 0 unspecified atom stereocenters. The fraction of sp³-hybridized carbons (Fsp3) is 0.706. The Morgan fingerprint density at radius 3 is 2.68 bits per heavy atom. The largest absolute Gasteiger partial charge is 0.444 e. The molecule has 1 atom stereocenters. The van der Waals surface area contributed by atoms with Gasteiger partial charge in [-0.2, -0.15) is 0 Å². The van der Waals surface area contributed by atoms with E-state index in [1.165, 1.54) is 5.69 Å². The molecule has 1 amide bonds. The van der Waals surface area contributed by atoms with Crippen LogP contribution in [0, 0.1) is 5.92 Å². The number of H-pyrrole nitrogens is 1. The van der Waals surface area contributed by atoms with E-state index in [0.29, 0.717) is 18.5 Å². The highest BCUT2D eigenvalue weighted by Gasteiger charge is 2.24. The van der Waals surface area contributed by atoms with Crippen LogP contribution in [0.3, 0.4) is 0 Å². The number of aromatic amines is 1. The lowest BCUT2D eigenvalue weighted by atomic mass is 9.95. The number of nitrogens with zero attached hydrogens (tertiary/aromatic N) is 1. The van der Waals surface area contributed by atoms with Gasteiger partial charge in [0, 0.05) is 24.5 Å². The summed E-state index contributed by atoms with van der Waals surface area (Å²) >= 11 is 0. The van der Waals surface area contributed by atoms with Gasteiger partial charge in [-0.25, -0.2) is 4.79 Å². The maximum absolute atomic E-state index is 11.7. The summed E-state index contributed by atoms with van der Waals surface area (Å²) in [4.78, 5) is 17.5. The Morgan fingerprint density at radius 2 is 2.14 bits per heavy atom. The van der Waals surface area contributed by atoms with Gasteiger partial charge in [-0.3, -0.25) is 4.90 Å². The monoisotopic (exact) mass is 307 g/mol. The minimum absolute atomic E-state index is 0.310. The molecule has 124 valence electrons. The number of piperidine rings is 1.